The summed E-state index contributed by atoms with van der Waals surface area (Å²) in [4.78, 5) is 14.8. The van der Waals surface area contributed by atoms with Crippen molar-refractivity contribution in [1.29, 1.82) is 0 Å². The van der Waals surface area contributed by atoms with Crippen LogP contribution in [-0.2, 0) is 0 Å². The fourth-order valence-electron chi connectivity index (χ4n) is 8.03. The number of aromatic nitrogens is 5. The van der Waals surface area contributed by atoms with E-state index >= 15 is 0 Å². The lowest BCUT2D eigenvalue weighted by atomic mass is 10.0. The van der Waals surface area contributed by atoms with Gasteiger partial charge in [-0.05, 0) is 78.7 Å². The van der Waals surface area contributed by atoms with Crippen molar-refractivity contribution < 1.29 is 0 Å². The summed E-state index contributed by atoms with van der Waals surface area (Å²) in [6, 6.07) is 61.6. The third-order valence-corrected chi connectivity index (χ3v) is 10.8. The molecule has 0 saturated carbocycles. The Hall–Kier alpha value is -7.63. The van der Waals surface area contributed by atoms with Gasteiger partial charge in [0.05, 0.1) is 16.6 Å². The zero-order valence-corrected chi connectivity index (χ0v) is 31.4. The van der Waals surface area contributed by atoms with Crippen LogP contribution in [0.15, 0.2) is 195 Å². The Labute approximate surface area is 331 Å². The van der Waals surface area contributed by atoms with Gasteiger partial charge in [-0.25, -0.2) is 15.0 Å². The molecule has 5 heteroatoms. The van der Waals surface area contributed by atoms with Gasteiger partial charge in [-0.3, -0.25) is 0 Å². The molecule has 0 aliphatic carbocycles. The molecule has 0 aliphatic rings. The van der Waals surface area contributed by atoms with Gasteiger partial charge >= 0.3 is 0 Å². The molecule has 0 aliphatic heterocycles. The average molecular weight is 732 g/mol. The third-order valence-electron chi connectivity index (χ3n) is 10.8. The first kappa shape index (κ1) is 33.9. The van der Waals surface area contributed by atoms with E-state index in [2.05, 4.69) is 144 Å². The smallest absolute Gasteiger partial charge is 0.164 e. The number of benzene rings is 7. The van der Waals surface area contributed by atoms with Gasteiger partial charge in [0.1, 0.15) is 0 Å². The molecule has 0 unspecified atom stereocenters. The summed E-state index contributed by atoms with van der Waals surface area (Å²) in [6.07, 6.45) is 6.02. The second-order valence-electron chi connectivity index (χ2n) is 14.2. The molecule has 10 rings (SSSR count). The Bertz CT molecular complexity index is 3060. The molecule has 270 valence electrons. The fraction of sp³-hybridized carbons (Fsp3) is 0.0192. The Morgan fingerprint density at radius 3 is 1.56 bits per heavy atom. The lowest BCUT2D eigenvalue weighted by Gasteiger charge is -2.11. The largest absolute Gasteiger partial charge is 0.313 e. The molecular formula is C52H37N5. The SMILES string of the molecule is C=C/C=C\c1c(C)n(-c2ccccc2)c2ccc(-c3ccc4c5ccccc5n(-c5ccc(-c6nc(-c7ccccc7)nc(-c7ccccc7)n6)cc5)c4c3)cc12. The number of fused-ring (bicyclic) bond motifs is 4. The molecule has 0 spiro atoms. The van der Waals surface area contributed by atoms with Crippen LogP contribution in [0.1, 0.15) is 11.3 Å². The first-order chi connectivity index (χ1) is 28.1. The van der Waals surface area contributed by atoms with Crippen LogP contribution in [0.5, 0.6) is 0 Å². The van der Waals surface area contributed by atoms with E-state index in [0.29, 0.717) is 17.5 Å². The Balaban J connectivity index is 1.09. The molecule has 0 atom stereocenters. The minimum atomic E-state index is 0.632. The molecule has 5 nitrogen and oxygen atoms in total. The van der Waals surface area contributed by atoms with Crippen LogP contribution in [0.3, 0.4) is 0 Å². The highest BCUT2D eigenvalue weighted by Gasteiger charge is 2.18. The maximum atomic E-state index is 4.97. The highest BCUT2D eigenvalue weighted by Crippen LogP contribution is 2.38. The maximum absolute atomic E-state index is 4.97. The number of hydrogen-bond donors (Lipinski definition) is 0. The minimum absolute atomic E-state index is 0.632. The molecule has 0 N–H and O–H groups in total. The number of nitrogens with zero attached hydrogens (tertiary/aromatic N) is 5. The van der Waals surface area contributed by atoms with Gasteiger partial charge in [0.25, 0.3) is 0 Å². The first-order valence-electron chi connectivity index (χ1n) is 19.2. The Morgan fingerprint density at radius 2 is 0.912 bits per heavy atom. The van der Waals surface area contributed by atoms with E-state index < -0.39 is 0 Å². The van der Waals surface area contributed by atoms with Crippen LogP contribution in [-0.4, -0.2) is 24.1 Å². The first-order valence-corrected chi connectivity index (χ1v) is 19.2. The lowest BCUT2D eigenvalue weighted by molar-refractivity contribution is 1.05. The van der Waals surface area contributed by atoms with E-state index in [1.807, 2.05) is 72.8 Å². The molecule has 0 radical (unpaired) electrons. The van der Waals surface area contributed by atoms with Crippen molar-refractivity contribution in [2.45, 2.75) is 6.92 Å². The number of hydrogen-bond acceptors (Lipinski definition) is 3. The quantitative estimate of drug-likeness (QED) is 0.146. The zero-order chi connectivity index (χ0) is 38.3. The second kappa shape index (κ2) is 14.2. The fourth-order valence-corrected chi connectivity index (χ4v) is 8.03. The van der Waals surface area contributed by atoms with Crippen molar-refractivity contribution in [2.24, 2.45) is 0 Å². The van der Waals surface area contributed by atoms with Crippen LogP contribution < -0.4 is 0 Å². The van der Waals surface area contributed by atoms with Crippen molar-refractivity contribution in [1.82, 2.24) is 24.1 Å². The van der Waals surface area contributed by atoms with Crippen LogP contribution in [0, 0.1) is 6.92 Å². The predicted molar refractivity (Wildman–Crippen MR) is 237 cm³/mol. The van der Waals surface area contributed by atoms with Gasteiger partial charge in [-0.1, -0.05) is 140 Å². The van der Waals surface area contributed by atoms with Crippen LogP contribution in [0.2, 0.25) is 0 Å². The highest BCUT2D eigenvalue weighted by molar-refractivity contribution is 6.10. The summed E-state index contributed by atoms with van der Waals surface area (Å²) < 4.78 is 4.71. The average Bonchev–Trinajstić information content (AvgIpc) is 3.76. The molecule has 0 amide bonds. The number of para-hydroxylation sites is 2. The summed E-state index contributed by atoms with van der Waals surface area (Å²) >= 11 is 0. The second-order valence-corrected chi connectivity index (χ2v) is 14.2. The van der Waals surface area contributed by atoms with Crippen molar-refractivity contribution in [3.8, 4) is 56.7 Å². The van der Waals surface area contributed by atoms with Crippen LogP contribution in [0.4, 0.5) is 0 Å². The van der Waals surface area contributed by atoms with Gasteiger partial charge in [-0.2, -0.15) is 0 Å². The normalized spacial score (nSPS) is 11.6. The van der Waals surface area contributed by atoms with E-state index in [4.69, 9.17) is 15.0 Å². The maximum Gasteiger partial charge on any atom is 0.164 e. The van der Waals surface area contributed by atoms with E-state index in [1.54, 1.807) is 0 Å². The Kier molecular flexibility index (Phi) is 8.46. The molecule has 7 aromatic carbocycles. The highest BCUT2D eigenvalue weighted by atomic mass is 15.0. The van der Waals surface area contributed by atoms with Gasteiger partial charge in [-0.15, -0.1) is 0 Å². The molecule has 3 heterocycles. The summed E-state index contributed by atoms with van der Waals surface area (Å²) in [6.45, 7) is 6.13. The van der Waals surface area contributed by atoms with Gasteiger partial charge in [0.15, 0.2) is 17.5 Å². The summed E-state index contributed by atoms with van der Waals surface area (Å²) in [5, 5.41) is 3.62. The van der Waals surface area contributed by atoms with Crippen molar-refractivity contribution in [3.05, 3.63) is 206 Å². The topological polar surface area (TPSA) is 48.5 Å². The number of rotatable bonds is 8. The van der Waals surface area contributed by atoms with E-state index in [9.17, 15) is 0 Å². The summed E-state index contributed by atoms with van der Waals surface area (Å²) in [5.74, 6) is 1.92. The number of allylic oxidation sites excluding steroid dienone is 2. The summed E-state index contributed by atoms with van der Waals surface area (Å²) in [5.41, 5.74) is 13.2. The predicted octanol–water partition coefficient (Wildman–Crippen LogP) is 13.1. The molecule has 3 aromatic heterocycles. The van der Waals surface area contributed by atoms with E-state index in [0.717, 1.165) is 50.2 Å². The molecule has 0 saturated heterocycles. The van der Waals surface area contributed by atoms with Crippen molar-refractivity contribution in [3.63, 3.8) is 0 Å². The third kappa shape index (κ3) is 6.03. The minimum Gasteiger partial charge on any atom is -0.313 e. The van der Waals surface area contributed by atoms with Crippen LogP contribution in [0.25, 0.3) is 95.5 Å². The standard InChI is InChI=1S/C52H37N5/c1-3-4-22-43-35(2)56(41-20-12-7-13-21-41)48-32-28-39(33-46(43)48)40-27-31-45-44-23-14-15-24-47(44)57(49(45)34-40)42-29-25-38(26-30-42)52-54-50(36-16-8-5-9-17-36)53-51(55-52)37-18-10-6-11-19-37/h3-34H,1H2,2H3/b22-4-. The molecule has 57 heavy (non-hydrogen) atoms. The monoisotopic (exact) mass is 731 g/mol. The van der Waals surface area contributed by atoms with Crippen molar-refractivity contribution >= 4 is 38.8 Å². The molecule has 0 bridgehead atoms. The summed E-state index contributed by atoms with van der Waals surface area (Å²) in [7, 11) is 0. The van der Waals surface area contributed by atoms with Crippen LogP contribution >= 0.6 is 0 Å². The van der Waals surface area contributed by atoms with Gasteiger partial charge in [0, 0.05) is 55.5 Å². The van der Waals surface area contributed by atoms with Gasteiger partial charge < -0.3 is 9.13 Å². The Morgan fingerprint density at radius 1 is 0.421 bits per heavy atom. The molecular weight excluding hydrogens is 695 g/mol. The zero-order valence-electron chi connectivity index (χ0n) is 31.4. The van der Waals surface area contributed by atoms with E-state index in [-0.39, 0.29) is 0 Å². The lowest BCUT2D eigenvalue weighted by Crippen LogP contribution is -2.00. The molecule has 0 fully saturated rings. The van der Waals surface area contributed by atoms with Gasteiger partial charge in [0.2, 0.25) is 0 Å². The van der Waals surface area contributed by atoms with E-state index in [1.165, 1.54) is 32.9 Å². The molecule has 10 aromatic rings. The van der Waals surface area contributed by atoms with Crippen molar-refractivity contribution in [2.75, 3.05) is 0 Å².